The third kappa shape index (κ3) is 3.42. The minimum absolute atomic E-state index is 0.178. The molecule has 1 heterocycles. The van der Waals surface area contributed by atoms with E-state index in [-0.39, 0.29) is 5.92 Å². The molecule has 0 aliphatic heterocycles. The lowest BCUT2D eigenvalue weighted by Crippen LogP contribution is -2.06. The molecular weight excluding hydrogens is 266 g/mol. The van der Waals surface area contributed by atoms with Crippen molar-refractivity contribution in [1.82, 2.24) is 9.97 Å². The van der Waals surface area contributed by atoms with Crippen molar-refractivity contribution in [3.8, 4) is 17.4 Å². The number of nitrogen functional groups attached to an aromatic ring is 1. The Bertz CT molecular complexity index is 627. The van der Waals surface area contributed by atoms with Crippen LogP contribution in [0.25, 0.3) is 0 Å². The zero-order chi connectivity index (χ0) is 15.4. The van der Waals surface area contributed by atoms with Gasteiger partial charge in [-0.25, -0.2) is 4.98 Å². The fourth-order valence-electron chi connectivity index (χ4n) is 1.80. The maximum Gasteiger partial charge on any atom is 0.227 e. The highest BCUT2D eigenvalue weighted by Crippen LogP contribution is 2.33. The molecule has 21 heavy (non-hydrogen) atoms. The molecular formula is C16H21N3O2. The van der Waals surface area contributed by atoms with Gasteiger partial charge in [0, 0.05) is 5.92 Å². The van der Waals surface area contributed by atoms with E-state index in [1.807, 2.05) is 52.0 Å². The lowest BCUT2D eigenvalue weighted by Gasteiger charge is -2.14. The van der Waals surface area contributed by atoms with E-state index in [1.165, 1.54) is 0 Å². The Balaban J connectivity index is 2.39. The van der Waals surface area contributed by atoms with Crippen LogP contribution in [0.2, 0.25) is 0 Å². The Morgan fingerprint density at radius 3 is 2.43 bits per heavy atom. The molecule has 0 saturated heterocycles. The van der Waals surface area contributed by atoms with Crippen LogP contribution in [0, 0.1) is 6.92 Å². The molecule has 2 aromatic rings. The third-order valence-electron chi connectivity index (χ3n) is 3.03. The molecule has 0 aliphatic rings. The Morgan fingerprint density at radius 2 is 1.81 bits per heavy atom. The number of benzene rings is 1. The molecule has 2 N–H and O–H groups in total. The van der Waals surface area contributed by atoms with Crippen molar-refractivity contribution in [1.29, 1.82) is 0 Å². The molecule has 0 aliphatic carbocycles. The van der Waals surface area contributed by atoms with Crippen molar-refractivity contribution in [2.45, 2.75) is 33.6 Å². The van der Waals surface area contributed by atoms with Gasteiger partial charge in [-0.05, 0) is 26.0 Å². The lowest BCUT2D eigenvalue weighted by atomic mass is 10.2. The zero-order valence-electron chi connectivity index (χ0n) is 12.9. The second-order valence-electron chi connectivity index (χ2n) is 5.03. The maximum atomic E-state index is 5.95. The Labute approximate surface area is 125 Å². The van der Waals surface area contributed by atoms with E-state index >= 15 is 0 Å². The average molecular weight is 287 g/mol. The van der Waals surface area contributed by atoms with Crippen molar-refractivity contribution in [3.05, 3.63) is 35.7 Å². The van der Waals surface area contributed by atoms with Crippen LogP contribution in [0.1, 0.15) is 38.1 Å². The first-order valence-corrected chi connectivity index (χ1v) is 7.06. The number of rotatable bonds is 5. The van der Waals surface area contributed by atoms with Crippen molar-refractivity contribution in [2.75, 3.05) is 12.3 Å². The zero-order valence-corrected chi connectivity index (χ0v) is 12.9. The van der Waals surface area contributed by atoms with Crippen LogP contribution in [0.3, 0.4) is 0 Å². The van der Waals surface area contributed by atoms with Crippen LogP contribution in [-0.4, -0.2) is 16.6 Å². The largest absolute Gasteiger partial charge is 0.490 e. The average Bonchev–Trinajstić information content (AvgIpc) is 2.45. The standard InChI is InChI=1S/C16H21N3O2/c1-5-20-12-8-6-7-9-13(12)21-16-11(4)14(17)18-15(19-16)10(2)3/h6-10H,5H2,1-4H3,(H2,17,18,19). The summed E-state index contributed by atoms with van der Waals surface area (Å²) >= 11 is 0. The number of para-hydroxylation sites is 2. The van der Waals surface area contributed by atoms with Gasteiger partial charge >= 0.3 is 0 Å². The molecule has 1 aromatic carbocycles. The van der Waals surface area contributed by atoms with Gasteiger partial charge in [-0.3, -0.25) is 0 Å². The molecule has 0 radical (unpaired) electrons. The molecule has 5 nitrogen and oxygen atoms in total. The van der Waals surface area contributed by atoms with Gasteiger partial charge in [0.15, 0.2) is 11.5 Å². The highest BCUT2D eigenvalue weighted by atomic mass is 16.5. The van der Waals surface area contributed by atoms with Gasteiger partial charge in [0.05, 0.1) is 12.2 Å². The number of nitrogens with zero attached hydrogens (tertiary/aromatic N) is 2. The number of hydrogen-bond donors (Lipinski definition) is 1. The summed E-state index contributed by atoms with van der Waals surface area (Å²) in [7, 11) is 0. The summed E-state index contributed by atoms with van der Waals surface area (Å²) in [6, 6.07) is 7.50. The molecule has 0 atom stereocenters. The molecule has 2 rings (SSSR count). The van der Waals surface area contributed by atoms with Gasteiger partial charge in [-0.1, -0.05) is 26.0 Å². The number of aromatic nitrogens is 2. The number of ether oxygens (including phenoxy) is 2. The summed E-state index contributed by atoms with van der Waals surface area (Å²) < 4.78 is 11.5. The maximum absolute atomic E-state index is 5.95. The number of anilines is 1. The van der Waals surface area contributed by atoms with Crippen LogP contribution in [0.15, 0.2) is 24.3 Å². The topological polar surface area (TPSA) is 70.3 Å². The van der Waals surface area contributed by atoms with E-state index in [0.29, 0.717) is 35.6 Å². The van der Waals surface area contributed by atoms with Gasteiger partial charge in [0.25, 0.3) is 0 Å². The van der Waals surface area contributed by atoms with Crippen molar-refractivity contribution in [3.63, 3.8) is 0 Å². The summed E-state index contributed by atoms with van der Waals surface area (Å²) in [5.74, 6) is 3.06. The molecule has 1 aromatic heterocycles. The normalized spacial score (nSPS) is 10.7. The van der Waals surface area contributed by atoms with E-state index in [2.05, 4.69) is 9.97 Å². The Morgan fingerprint density at radius 1 is 1.14 bits per heavy atom. The molecule has 112 valence electrons. The first-order valence-electron chi connectivity index (χ1n) is 7.06. The van der Waals surface area contributed by atoms with Gasteiger partial charge < -0.3 is 15.2 Å². The van der Waals surface area contributed by atoms with Crippen LogP contribution in [-0.2, 0) is 0 Å². The summed E-state index contributed by atoms with van der Waals surface area (Å²) in [6.45, 7) is 8.38. The smallest absolute Gasteiger partial charge is 0.227 e. The highest BCUT2D eigenvalue weighted by Gasteiger charge is 2.14. The molecule has 5 heteroatoms. The monoisotopic (exact) mass is 287 g/mol. The lowest BCUT2D eigenvalue weighted by molar-refractivity contribution is 0.319. The van der Waals surface area contributed by atoms with E-state index in [4.69, 9.17) is 15.2 Å². The van der Waals surface area contributed by atoms with E-state index in [9.17, 15) is 0 Å². The minimum Gasteiger partial charge on any atom is -0.490 e. The molecule has 0 amide bonds. The fraction of sp³-hybridized carbons (Fsp3) is 0.375. The number of hydrogen-bond acceptors (Lipinski definition) is 5. The predicted molar refractivity (Wildman–Crippen MR) is 83.0 cm³/mol. The summed E-state index contributed by atoms with van der Waals surface area (Å²) in [5.41, 5.74) is 6.67. The minimum atomic E-state index is 0.178. The second kappa shape index (κ2) is 6.43. The Hall–Kier alpha value is -2.30. The molecule has 0 bridgehead atoms. The molecule has 0 saturated carbocycles. The summed E-state index contributed by atoms with van der Waals surface area (Å²) in [6.07, 6.45) is 0. The van der Waals surface area contributed by atoms with E-state index in [0.717, 1.165) is 5.56 Å². The summed E-state index contributed by atoms with van der Waals surface area (Å²) in [5, 5.41) is 0. The van der Waals surface area contributed by atoms with Crippen LogP contribution in [0.4, 0.5) is 5.82 Å². The molecule has 0 unspecified atom stereocenters. The predicted octanol–water partition coefficient (Wildman–Crippen LogP) is 3.68. The highest BCUT2D eigenvalue weighted by molar-refractivity contribution is 5.48. The first-order chi connectivity index (χ1) is 10.0. The van der Waals surface area contributed by atoms with Crippen LogP contribution in [0.5, 0.6) is 17.4 Å². The van der Waals surface area contributed by atoms with Gasteiger partial charge in [0.2, 0.25) is 5.88 Å². The van der Waals surface area contributed by atoms with E-state index in [1.54, 1.807) is 0 Å². The third-order valence-corrected chi connectivity index (χ3v) is 3.03. The summed E-state index contributed by atoms with van der Waals surface area (Å²) in [4.78, 5) is 8.75. The van der Waals surface area contributed by atoms with Gasteiger partial charge in [-0.2, -0.15) is 4.98 Å². The fourth-order valence-corrected chi connectivity index (χ4v) is 1.80. The van der Waals surface area contributed by atoms with Crippen molar-refractivity contribution >= 4 is 5.82 Å². The van der Waals surface area contributed by atoms with E-state index < -0.39 is 0 Å². The van der Waals surface area contributed by atoms with Crippen molar-refractivity contribution in [2.24, 2.45) is 0 Å². The second-order valence-corrected chi connectivity index (χ2v) is 5.03. The first kappa shape index (κ1) is 15.1. The Kier molecular flexibility index (Phi) is 4.62. The van der Waals surface area contributed by atoms with Gasteiger partial charge in [-0.15, -0.1) is 0 Å². The molecule has 0 spiro atoms. The molecule has 0 fully saturated rings. The number of nitrogens with two attached hydrogens (primary N) is 1. The quantitative estimate of drug-likeness (QED) is 0.908. The van der Waals surface area contributed by atoms with Crippen LogP contribution >= 0.6 is 0 Å². The van der Waals surface area contributed by atoms with Gasteiger partial charge in [0.1, 0.15) is 11.6 Å². The van der Waals surface area contributed by atoms with Crippen molar-refractivity contribution < 1.29 is 9.47 Å². The van der Waals surface area contributed by atoms with Crippen LogP contribution < -0.4 is 15.2 Å². The SMILES string of the molecule is CCOc1ccccc1Oc1nc(C(C)C)nc(N)c1C.